The third-order valence-corrected chi connectivity index (χ3v) is 3.13. The van der Waals surface area contributed by atoms with Crippen molar-refractivity contribution in [2.24, 2.45) is 0 Å². The van der Waals surface area contributed by atoms with E-state index in [1.54, 1.807) is 12.1 Å². The first-order chi connectivity index (χ1) is 9.10. The van der Waals surface area contributed by atoms with Crippen molar-refractivity contribution in [1.82, 2.24) is 9.36 Å². The predicted molar refractivity (Wildman–Crippen MR) is 74.1 cm³/mol. The molecule has 0 unspecified atom stereocenters. The zero-order valence-electron chi connectivity index (χ0n) is 11.2. The highest BCUT2D eigenvalue weighted by molar-refractivity contribution is 5.45. The molecule has 0 bridgehead atoms. The fourth-order valence-corrected chi connectivity index (χ4v) is 2.27. The van der Waals surface area contributed by atoms with Gasteiger partial charge >= 0.3 is 0 Å². The van der Waals surface area contributed by atoms with Gasteiger partial charge in [0.25, 0.3) is 5.56 Å². The number of anilines is 1. The van der Waals surface area contributed by atoms with Crippen LogP contribution >= 0.6 is 0 Å². The maximum Gasteiger partial charge on any atom is 0.294 e. The summed E-state index contributed by atoms with van der Waals surface area (Å²) in [6, 6.07) is 5.85. The number of rotatable bonds is 4. The summed E-state index contributed by atoms with van der Waals surface area (Å²) in [5.41, 5.74) is 7.38. The molecule has 0 fully saturated rings. The molecule has 0 atom stereocenters. The Balaban J connectivity index is 2.68. The van der Waals surface area contributed by atoms with Crippen LogP contribution in [0, 0.1) is 5.82 Å². The molecule has 0 spiro atoms. The third-order valence-electron chi connectivity index (χ3n) is 3.13. The van der Waals surface area contributed by atoms with Gasteiger partial charge in [-0.25, -0.2) is 9.07 Å². The number of nitrogen functional groups attached to an aromatic ring is 1. The van der Waals surface area contributed by atoms with Crippen LogP contribution in [-0.4, -0.2) is 9.36 Å². The molecule has 4 nitrogen and oxygen atoms in total. The fraction of sp³-hybridized carbons (Fsp3) is 0.357. The smallest absolute Gasteiger partial charge is 0.294 e. The Morgan fingerprint density at radius 1 is 1.21 bits per heavy atom. The molecule has 1 heterocycles. The zero-order valence-corrected chi connectivity index (χ0v) is 11.2. The Bertz CT molecular complexity index is 625. The third kappa shape index (κ3) is 2.28. The molecule has 0 amide bonds. The van der Waals surface area contributed by atoms with Crippen LogP contribution in [0.15, 0.2) is 29.1 Å². The molecule has 0 aliphatic heterocycles. The topological polar surface area (TPSA) is 52.9 Å². The molecule has 102 valence electrons. The number of halogens is 1. The van der Waals surface area contributed by atoms with E-state index in [0.717, 1.165) is 12.1 Å². The monoisotopic (exact) mass is 263 g/mol. The van der Waals surface area contributed by atoms with Crippen LogP contribution in [0.4, 0.5) is 10.1 Å². The number of benzene rings is 1. The van der Waals surface area contributed by atoms with Crippen LogP contribution in [0.2, 0.25) is 0 Å². The Kier molecular flexibility index (Phi) is 3.74. The normalized spacial score (nSPS) is 10.9. The Labute approximate surface area is 111 Å². The van der Waals surface area contributed by atoms with Gasteiger partial charge in [-0.05, 0) is 37.1 Å². The van der Waals surface area contributed by atoms with E-state index in [2.05, 4.69) is 0 Å². The van der Waals surface area contributed by atoms with Gasteiger partial charge in [0, 0.05) is 6.54 Å². The summed E-state index contributed by atoms with van der Waals surface area (Å²) in [4.78, 5) is 12.3. The van der Waals surface area contributed by atoms with Crippen LogP contribution in [0.1, 0.15) is 26.0 Å². The minimum Gasteiger partial charge on any atom is -0.393 e. The number of hydrogen-bond acceptors (Lipinski definition) is 2. The summed E-state index contributed by atoms with van der Waals surface area (Å²) in [6.45, 7) is 4.70. The van der Waals surface area contributed by atoms with Gasteiger partial charge < -0.3 is 5.73 Å². The van der Waals surface area contributed by atoms with Crippen molar-refractivity contribution in [2.75, 3.05) is 5.73 Å². The van der Waals surface area contributed by atoms with Crippen molar-refractivity contribution < 1.29 is 4.39 Å². The second-order valence-electron chi connectivity index (χ2n) is 4.43. The summed E-state index contributed by atoms with van der Waals surface area (Å²) in [7, 11) is 0. The highest BCUT2D eigenvalue weighted by atomic mass is 19.1. The summed E-state index contributed by atoms with van der Waals surface area (Å²) in [6.07, 6.45) is 1.58. The van der Waals surface area contributed by atoms with Crippen LogP contribution in [0.5, 0.6) is 0 Å². The molecule has 2 rings (SSSR count). The lowest BCUT2D eigenvalue weighted by Crippen LogP contribution is -2.22. The van der Waals surface area contributed by atoms with Gasteiger partial charge in [0.05, 0.1) is 11.4 Å². The lowest BCUT2D eigenvalue weighted by atomic mass is 10.3. The molecule has 0 radical (unpaired) electrons. The van der Waals surface area contributed by atoms with E-state index in [1.165, 1.54) is 16.8 Å². The molecule has 2 aromatic rings. The average molecular weight is 263 g/mol. The number of nitrogens with zero attached hydrogens (tertiary/aromatic N) is 2. The summed E-state index contributed by atoms with van der Waals surface area (Å²) in [5.74, 6) is -0.325. The second-order valence-corrected chi connectivity index (χ2v) is 4.43. The highest BCUT2D eigenvalue weighted by Crippen LogP contribution is 2.15. The van der Waals surface area contributed by atoms with E-state index in [1.807, 2.05) is 18.5 Å². The highest BCUT2D eigenvalue weighted by Gasteiger charge is 2.16. The maximum absolute atomic E-state index is 13.0. The molecule has 2 N–H and O–H groups in total. The molecule has 5 heteroatoms. The summed E-state index contributed by atoms with van der Waals surface area (Å²) in [5, 5.41) is 0. The van der Waals surface area contributed by atoms with Gasteiger partial charge in [0.2, 0.25) is 0 Å². The summed E-state index contributed by atoms with van der Waals surface area (Å²) < 4.78 is 16.4. The standard InChI is InChI=1S/C14H18FN3O/c1-3-9-17-12(4-2)13(16)14(19)18(17)11-7-5-10(15)6-8-11/h5-8H,3-4,9,16H2,1-2H3. The lowest BCUT2D eigenvalue weighted by molar-refractivity contribution is 0.515. The molecule has 19 heavy (non-hydrogen) atoms. The molecule has 0 aliphatic carbocycles. The van der Waals surface area contributed by atoms with Crippen molar-refractivity contribution in [3.8, 4) is 5.69 Å². The van der Waals surface area contributed by atoms with Crippen LogP contribution in [0.25, 0.3) is 5.69 Å². The van der Waals surface area contributed by atoms with Gasteiger partial charge in [-0.2, -0.15) is 0 Å². The van der Waals surface area contributed by atoms with Crippen molar-refractivity contribution in [3.05, 3.63) is 46.1 Å². The fourth-order valence-electron chi connectivity index (χ4n) is 2.27. The Hall–Kier alpha value is -2.04. The quantitative estimate of drug-likeness (QED) is 0.920. The van der Waals surface area contributed by atoms with E-state index >= 15 is 0 Å². The van der Waals surface area contributed by atoms with Crippen LogP contribution < -0.4 is 11.3 Å². The Morgan fingerprint density at radius 2 is 1.84 bits per heavy atom. The zero-order chi connectivity index (χ0) is 14.0. The minimum absolute atomic E-state index is 0.239. The number of hydrogen-bond donors (Lipinski definition) is 1. The van der Waals surface area contributed by atoms with Crippen LogP contribution in [-0.2, 0) is 13.0 Å². The van der Waals surface area contributed by atoms with Crippen molar-refractivity contribution in [2.45, 2.75) is 33.2 Å². The van der Waals surface area contributed by atoms with E-state index in [-0.39, 0.29) is 17.1 Å². The van der Waals surface area contributed by atoms with E-state index < -0.39 is 0 Å². The predicted octanol–water partition coefficient (Wildman–Crippen LogP) is 2.33. The SMILES string of the molecule is CCCn1c(CC)c(N)c(=O)n1-c1ccc(F)cc1. The Morgan fingerprint density at radius 3 is 2.37 bits per heavy atom. The minimum atomic E-state index is -0.325. The van der Waals surface area contributed by atoms with Gasteiger partial charge in [-0.1, -0.05) is 13.8 Å². The molecule has 0 saturated heterocycles. The molecule has 1 aromatic carbocycles. The first kappa shape index (κ1) is 13.4. The largest absolute Gasteiger partial charge is 0.393 e. The van der Waals surface area contributed by atoms with Gasteiger partial charge in [-0.3, -0.25) is 9.48 Å². The van der Waals surface area contributed by atoms with E-state index in [4.69, 9.17) is 5.73 Å². The summed E-state index contributed by atoms with van der Waals surface area (Å²) >= 11 is 0. The number of nitrogens with two attached hydrogens (primary N) is 1. The molecular formula is C14H18FN3O. The van der Waals surface area contributed by atoms with Gasteiger partial charge in [0.15, 0.2) is 0 Å². The van der Waals surface area contributed by atoms with Crippen LogP contribution in [0.3, 0.4) is 0 Å². The molecular weight excluding hydrogens is 245 g/mol. The number of aromatic nitrogens is 2. The van der Waals surface area contributed by atoms with Crippen molar-refractivity contribution in [3.63, 3.8) is 0 Å². The van der Waals surface area contributed by atoms with E-state index in [0.29, 0.717) is 18.7 Å². The first-order valence-corrected chi connectivity index (χ1v) is 6.46. The lowest BCUT2D eigenvalue weighted by Gasteiger charge is -2.13. The van der Waals surface area contributed by atoms with Gasteiger partial charge in [0.1, 0.15) is 11.5 Å². The molecule has 1 aromatic heterocycles. The van der Waals surface area contributed by atoms with E-state index in [9.17, 15) is 9.18 Å². The second kappa shape index (κ2) is 5.30. The molecule has 0 saturated carbocycles. The van der Waals surface area contributed by atoms with Crippen molar-refractivity contribution >= 4 is 5.69 Å². The average Bonchev–Trinajstić information content (AvgIpc) is 2.63. The maximum atomic E-state index is 13.0. The van der Waals surface area contributed by atoms with Crippen molar-refractivity contribution in [1.29, 1.82) is 0 Å². The molecule has 0 aliphatic rings. The van der Waals surface area contributed by atoms with Gasteiger partial charge in [-0.15, -0.1) is 0 Å². The first-order valence-electron chi connectivity index (χ1n) is 6.46.